The van der Waals surface area contributed by atoms with Crippen LogP contribution in [0, 0.1) is 6.92 Å². The van der Waals surface area contributed by atoms with Crippen molar-refractivity contribution in [1.82, 2.24) is 0 Å². The summed E-state index contributed by atoms with van der Waals surface area (Å²) in [7, 11) is 0. The molecule has 0 saturated heterocycles. The molecule has 2 nitrogen and oxygen atoms in total. The van der Waals surface area contributed by atoms with Gasteiger partial charge in [-0.15, -0.1) is 0 Å². The summed E-state index contributed by atoms with van der Waals surface area (Å²) < 4.78 is 12.8. The van der Waals surface area contributed by atoms with Crippen molar-refractivity contribution in [2.75, 3.05) is 13.2 Å². The lowest BCUT2D eigenvalue weighted by Crippen LogP contribution is -2.21. The fraction of sp³-hybridized carbons (Fsp3) is 0.294. The van der Waals surface area contributed by atoms with Gasteiger partial charge in [0.05, 0.1) is 11.1 Å². The topological polar surface area (TPSA) is 18.5 Å². The van der Waals surface area contributed by atoms with Crippen molar-refractivity contribution in [2.24, 2.45) is 0 Å². The normalized spacial score (nSPS) is 17.6. The summed E-state index contributed by atoms with van der Waals surface area (Å²) in [5.41, 5.74) is 3.83. The maximum atomic E-state index is 5.92. The average Bonchev–Trinajstić information content (AvgIpc) is 2.46. The van der Waals surface area contributed by atoms with Gasteiger partial charge >= 0.3 is 0 Å². The lowest BCUT2D eigenvalue weighted by molar-refractivity contribution is 0.0100. The van der Waals surface area contributed by atoms with Crippen LogP contribution in [0.15, 0.2) is 46.9 Å². The van der Waals surface area contributed by atoms with Crippen molar-refractivity contribution < 1.29 is 9.47 Å². The molecule has 3 heteroatoms. The molecule has 1 aliphatic heterocycles. The molecule has 2 aromatic rings. The van der Waals surface area contributed by atoms with Crippen molar-refractivity contribution in [3.05, 3.63) is 63.6 Å². The van der Waals surface area contributed by atoms with E-state index in [2.05, 4.69) is 59.3 Å². The minimum Gasteiger partial charge on any atom is -0.489 e. The van der Waals surface area contributed by atoms with Crippen LogP contribution in [0.25, 0.3) is 0 Å². The third kappa shape index (κ3) is 2.89. The maximum Gasteiger partial charge on any atom is 0.133 e. The second kappa shape index (κ2) is 5.98. The molecule has 0 amide bonds. The molecule has 3 rings (SSSR count). The first-order valence-corrected chi connectivity index (χ1v) is 7.62. The molecule has 0 radical (unpaired) electrons. The summed E-state index contributed by atoms with van der Waals surface area (Å²) in [5.74, 6) is 0.863. The van der Waals surface area contributed by atoms with Crippen LogP contribution in [0.4, 0.5) is 0 Å². The highest BCUT2D eigenvalue weighted by atomic mass is 79.9. The Morgan fingerprint density at radius 2 is 2.10 bits per heavy atom. The Morgan fingerprint density at radius 3 is 2.95 bits per heavy atom. The van der Waals surface area contributed by atoms with E-state index in [9.17, 15) is 0 Å². The van der Waals surface area contributed by atoms with Gasteiger partial charge in [-0.3, -0.25) is 0 Å². The first-order chi connectivity index (χ1) is 9.74. The molecule has 20 heavy (non-hydrogen) atoms. The first kappa shape index (κ1) is 13.7. The zero-order chi connectivity index (χ0) is 13.9. The van der Waals surface area contributed by atoms with Crippen LogP contribution in [0.1, 0.15) is 22.8 Å². The summed E-state index contributed by atoms with van der Waals surface area (Å²) in [6.45, 7) is 3.37. The van der Waals surface area contributed by atoms with E-state index in [1.54, 1.807) is 0 Å². The Balaban J connectivity index is 1.73. The van der Waals surface area contributed by atoms with Crippen molar-refractivity contribution in [3.63, 3.8) is 0 Å². The highest BCUT2D eigenvalue weighted by molar-refractivity contribution is 9.10. The molecule has 0 fully saturated rings. The molecule has 1 atom stereocenters. The number of ether oxygens (including phenoxy) is 2. The molecule has 0 spiro atoms. The third-order valence-corrected chi connectivity index (χ3v) is 4.19. The number of aryl methyl sites for hydroxylation is 1. The van der Waals surface area contributed by atoms with Crippen LogP contribution < -0.4 is 4.74 Å². The van der Waals surface area contributed by atoms with Crippen LogP contribution >= 0.6 is 15.9 Å². The summed E-state index contributed by atoms with van der Waals surface area (Å²) in [6, 6.07) is 14.6. The Morgan fingerprint density at radius 1 is 1.25 bits per heavy atom. The van der Waals surface area contributed by atoms with Gasteiger partial charge in [-0.2, -0.15) is 0 Å². The zero-order valence-electron chi connectivity index (χ0n) is 11.4. The van der Waals surface area contributed by atoms with E-state index in [-0.39, 0.29) is 6.10 Å². The van der Waals surface area contributed by atoms with E-state index < -0.39 is 0 Å². The van der Waals surface area contributed by atoms with Crippen LogP contribution in [0.2, 0.25) is 0 Å². The minimum atomic E-state index is 0.0214. The van der Waals surface area contributed by atoms with Gasteiger partial charge in [0.1, 0.15) is 18.5 Å². The van der Waals surface area contributed by atoms with Gasteiger partial charge in [-0.05, 0) is 58.1 Å². The molecule has 2 aromatic carbocycles. The fourth-order valence-electron chi connectivity index (χ4n) is 2.50. The highest BCUT2D eigenvalue weighted by Crippen LogP contribution is 2.30. The molecular weight excluding hydrogens is 316 g/mol. The van der Waals surface area contributed by atoms with Crippen molar-refractivity contribution in [1.29, 1.82) is 0 Å². The number of fused-ring (bicyclic) bond motifs is 1. The molecule has 1 aliphatic rings. The van der Waals surface area contributed by atoms with E-state index in [1.165, 1.54) is 16.7 Å². The van der Waals surface area contributed by atoms with Gasteiger partial charge in [0.15, 0.2) is 0 Å². The summed E-state index contributed by atoms with van der Waals surface area (Å²) in [4.78, 5) is 0. The molecule has 0 bridgehead atoms. The van der Waals surface area contributed by atoms with E-state index >= 15 is 0 Å². The molecule has 1 heterocycles. The molecule has 1 unspecified atom stereocenters. The number of benzene rings is 2. The molecule has 104 valence electrons. The SMILES string of the molecule is Cc1ccc(OCC2OCCc3ccccc32)c(Br)c1. The smallest absolute Gasteiger partial charge is 0.133 e. The van der Waals surface area contributed by atoms with Gasteiger partial charge in [0.25, 0.3) is 0 Å². The largest absolute Gasteiger partial charge is 0.489 e. The molecular formula is C17H17BrO2. The fourth-order valence-corrected chi connectivity index (χ4v) is 3.11. The number of hydrogen-bond donors (Lipinski definition) is 0. The van der Waals surface area contributed by atoms with Crippen molar-refractivity contribution in [2.45, 2.75) is 19.4 Å². The van der Waals surface area contributed by atoms with Crippen molar-refractivity contribution in [3.8, 4) is 5.75 Å². The van der Waals surface area contributed by atoms with Crippen molar-refractivity contribution >= 4 is 15.9 Å². The van der Waals surface area contributed by atoms with Gasteiger partial charge < -0.3 is 9.47 Å². The first-order valence-electron chi connectivity index (χ1n) is 6.82. The Labute approximate surface area is 127 Å². The van der Waals surface area contributed by atoms with Crippen LogP contribution in [0.5, 0.6) is 5.75 Å². The quantitative estimate of drug-likeness (QED) is 0.826. The lowest BCUT2D eigenvalue weighted by Gasteiger charge is -2.26. The standard InChI is InChI=1S/C17H17BrO2/c1-12-6-7-16(15(18)10-12)20-11-17-14-5-3-2-4-13(14)8-9-19-17/h2-7,10,17H,8-9,11H2,1H3. The van der Waals surface area contributed by atoms with E-state index in [0.29, 0.717) is 6.61 Å². The lowest BCUT2D eigenvalue weighted by atomic mass is 9.98. The van der Waals surface area contributed by atoms with Gasteiger partial charge in [-0.1, -0.05) is 30.3 Å². The van der Waals surface area contributed by atoms with E-state index in [0.717, 1.165) is 23.2 Å². The van der Waals surface area contributed by atoms with Crippen LogP contribution in [-0.4, -0.2) is 13.2 Å². The molecule has 0 N–H and O–H groups in total. The Hall–Kier alpha value is -1.32. The Bertz CT molecular complexity index is 610. The van der Waals surface area contributed by atoms with Gasteiger partial charge in [-0.25, -0.2) is 0 Å². The second-order valence-electron chi connectivity index (χ2n) is 5.05. The maximum absolute atomic E-state index is 5.92. The van der Waals surface area contributed by atoms with Gasteiger partial charge in [0.2, 0.25) is 0 Å². The monoisotopic (exact) mass is 332 g/mol. The molecule has 0 aliphatic carbocycles. The molecule has 0 aromatic heterocycles. The molecule has 0 saturated carbocycles. The van der Waals surface area contributed by atoms with Crippen LogP contribution in [-0.2, 0) is 11.2 Å². The highest BCUT2D eigenvalue weighted by Gasteiger charge is 2.21. The van der Waals surface area contributed by atoms with Gasteiger partial charge in [0, 0.05) is 0 Å². The van der Waals surface area contributed by atoms with E-state index in [1.807, 2.05) is 6.07 Å². The Kier molecular flexibility index (Phi) is 4.08. The number of halogens is 1. The predicted octanol–water partition coefficient (Wildman–Crippen LogP) is 4.45. The van der Waals surface area contributed by atoms with E-state index in [4.69, 9.17) is 9.47 Å². The average molecular weight is 333 g/mol. The zero-order valence-corrected chi connectivity index (χ0v) is 13.0. The number of rotatable bonds is 3. The summed E-state index contributed by atoms with van der Waals surface area (Å²) >= 11 is 3.54. The summed E-state index contributed by atoms with van der Waals surface area (Å²) in [6.07, 6.45) is 1.01. The number of hydrogen-bond acceptors (Lipinski definition) is 2. The third-order valence-electron chi connectivity index (χ3n) is 3.57. The second-order valence-corrected chi connectivity index (χ2v) is 5.91. The predicted molar refractivity (Wildman–Crippen MR) is 83.2 cm³/mol. The summed E-state index contributed by atoms with van der Waals surface area (Å²) in [5, 5.41) is 0. The van der Waals surface area contributed by atoms with Crippen LogP contribution in [0.3, 0.4) is 0 Å². The minimum absolute atomic E-state index is 0.0214.